The standard InChI is InChI=1S/C20H18INO4/c1-3-9-25-17-8-7-13(11-18(17)24-2)10-16-20(23)26-19(22-16)14-5-4-6-15(21)12-14/h4-8,10-12H,3,9H2,1-2H3/b16-10+. The summed E-state index contributed by atoms with van der Waals surface area (Å²) in [5.41, 5.74) is 1.81. The maximum absolute atomic E-state index is 12.1. The number of hydrogen-bond donors (Lipinski definition) is 0. The van der Waals surface area contributed by atoms with Crippen molar-refractivity contribution in [1.82, 2.24) is 0 Å². The van der Waals surface area contributed by atoms with Gasteiger partial charge in [-0.2, -0.15) is 0 Å². The number of carbonyl (C=O) groups excluding carboxylic acids is 1. The van der Waals surface area contributed by atoms with Gasteiger partial charge in [-0.3, -0.25) is 0 Å². The van der Waals surface area contributed by atoms with Crippen LogP contribution < -0.4 is 9.47 Å². The summed E-state index contributed by atoms with van der Waals surface area (Å²) in [6, 6.07) is 13.1. The van der Waals surface area contributed by atoms with E-state index < -0.39 is 5.97 Å². The number of cyclic esters (lactones) is 1. The quantitative estimate of drug-likeness (QED) is 0.361. The first-order valence-corrected chi connectivity index (χ1v) is 9.28. The van der Waals surface area contributed by atoms with E-state index in [1.54, 1.807) is 13.2 Å². The number of methoxy groups -OCH3 is 1. The van der Waals surface area contributed by atoms with Gasteiger partial charge in [0, 0.05) is 9.13 Å². The van der Waals surface area contributed by atoms with E-state index in [1.807, 2.05) is 49.4 Å². The molecule has 1 heterocycles. The third-order valence-electron chi connectivity index (χ3n) is 3.64. The van der Waals surface area contributed by atoms with Crippen molar-refractivity contribution in [3.05, 3.63) is 62.9 Å². The van der Waals surface area contributed by atoms with Crippen molar-refractivity contribution < 1.29 is 19.0 Å². The summed E-state index contributed by atoms with van der Waals surface area (Å²) in [5.74, 6) is 1.13. The molecule has 1 aliphatic rings. The monoisotopic (exact) mass is 463 g/mol. The molecule has 0 fully saturated rings. The van der Waals surface area contributed by atoms with Crippen LogP contribution in [0.15, 0.2) is 53.2 Å². The first-order chi connectivity index (χ1) is 12.6. The third-order valence-corrected chi connectivity index (χ3v) is 4.32. The van der Waals surface area contributed by atoms with Crippen molar-refractivity contribution in [2.24, 2.45) is 4.99 Å². The van der Waals surface area contributed by atoms with E-state index in [-0.39, 0.29) is 5.70 Å². The molecule has 0 saturated heterocycles. The first-order valence-electron chi connectivity index (χ1n) is 8.20. The fourth-order valence-electron chi connectivity index (χ4n) is 2.42. The molecule has 5 nitrogen and oxygen atoms in total. The topological polar surface area (TPSA) is 57.1 Å². The van der Waals surface area contributed by atoms with Gasteiger partial charge in [-0.05, 0) is 71.0 Å². The lowest BCUT2D eigenvalue weighted by Crippen LogP contribution is -2.05. The first kappa shape index (κ1) is 18.4. The average molecular weight is 463 g/mol. The second-order valence-electron chi connectivity index (χ2n) is 5.61. The van der Waals surface area contributed by atoms with Crippen LogP contribution in [0.4, 0.5) is 0 Å². The zero-order valence-corrected chi connectivity index (χ0v) is 16.6. The van der Waals surface area contributed by atoms with Crippen LogP contribution in [0.1, 0.15) is 24.5 Å². The summed E-state index contributed by atoms with van der Waals surface area (Å²) in [7, 11) is 1.59. The van der Waals surface area contributed by atoms with E-state index in [9.17, 15) is 4.79 Å². The molecule has 0 N–H and O–H groups in total. The van der Waals surface area contributed by atoms with Gasteiger partial charge in [-0.1, -0.05) is 19.1 Å². The second kappa shape index (κ2) is 8.35. The van der Waals surface area contributed by atoms with Gasteiger partial charge in [0.1, 0.15) is 0 Å². The largest absolute Gasteiger partial charge is 0.493 e. The lowest BCUT2D eigenvalue weighted by Gasteiger charge is -2.10. The van der Waals surface area contributed by atoms with Crippen LogP contribution in [0.25, 0.3) is 6.08 Å². The fourth-order valence-corrected chi connectivity index (χ4v) is 2.96. The van der Waals surface area contributed by atoms with Gasteiger partial charge in [-0.25, -0.2) is 9.79 Å². The smallest absolute Gasteiger partial charge is 0.363 e. The number of nitrogens with zero attached hydrogens (tertiary/aromatic N) is 1. The van der Waals surface area contributed by atoms with E-state index in [0.717, 1.165) is 21.1 Å². The number of benzene rings is 2. The molecule has 26 heavy (non-hydrogen) atoms. The Bertz CT molecular complexity index is 889. The summed E-state index contributed by atoms with van der Waals surface area (Å²) in [4.78, 5) is 16.5. The van der Waals surface area contributed by atoms with Crippen molar-refractivity contribution in [3.8, 4) is 11.5 Å². The van der Waals surface area contributed by atoms with E-state index in [0.29, 0.717) is 24.0 Å². The van der Waals surface area contributed by atoms with Crippen molar-refractivity contribution in [3.63, 3.8) is 0 Å². The summed E-state index contributed by atoms with van der Waals surface area (Å²) in [6.07, 6.45) is 2.59. The summed E-state index contributed by atoms with van der Waals surface area (Å²) in [6.45, 7) is 2.66. The number of carbonyl (C=O) groups is 1. The van der Waals surface area contributed by atoms with Crippen molar-refractivity contribution in [1.29, 1.82) is 0 Å². The molecule has 0 atom stereocenters. The van der Waals surface area contributed by atoms with Gasteiger partial charge >= 0.3 is 5.97 Å². The Kier molecular flexibility index (Phi) is 5.92. The van der Waals surface area contributed by atoms with Crippen LogP contribution in [0.3, 0.4) is 0 Å². The molecular formula is C20H18INO4. The zero-order valence-electron chi connectivity index (χ0n) is 14.5. The molecule has 0 bridgehead atoms. The molecular weight excluding hydrogens is 445 g/mol. The Balaban J connectivity index is 1.88. The minimum Gasteiger partial charge on any atom is -0.493 e. The Morgan fingerprint density at radius 2 is 2.04 bits per heavy atom. The molecule has 6 heteroatoms. The molecule has 0 spiro atoms. The lowest BCUT2D eigenvalue weighted by atomic mass is 10.1. The highest BCUT2D eigenvalue weighted by molar-refractivity contribution is 14.1. The molecule has 134 valence electrons. The number of halogens is 1. The minimum atomic E-state index is -0.468. The molecule has 0 saturated carbocycles. The van der Waals surface area contributed by atoms with Crippen LogP contribution >= 0.6 is 22.6 Å². The van der Waals surface area contributed by atoms with E-state index in [1.165, 1.54) is 0 Å². The van der Waals surface area contributed by atoms with Gasteiger partial charge in [0.05, 0.1) is 13.7 Å². The molecule has 0 amide bonds. The van der Waals surface area contributed by atoms with E-state index in [4.69, 9.17) is 14.2 Å². The Labute approximate surface area is 165 Å². The molecule has 1 aliphatic heterocycles. The maximum Gasteiger partial charge on any atom is 0.363 e. The van der Waals surface area contributed by atoms with E-state index in [2.05, 4.69) is 27.6 Å². The number of aliphatic imine (C=N–C) groups is 1. The molecule has 2 aromatic rings. The predicted octanol–water partition coefficient (Wildman–Crippen LogP) is 4.43. The SMILES string of the molecule is CCCOc1ccc(/C=C2/N=C(c3cccc(I)c3)OC2=O)cc1OC. The number of hydrogen-bond acceptors (Lipinski definition) is 5. The third kappa shape index (κ3) is 4.24. The van der Waals surface area contributed by atoms with Gasteiger partial charge in [0.15, 0.2) is 17.2 Å². The van der Waals surface area contributed by atoms with Gasteiger partial charge < -0.3 is 14.2 Å². The Morgan fingerprint density at radius 3 is 2.77 bits per heavy atom. The summed E-state index contributed by atoms with van der Waals surface area (Å²) >= 11 is 2.21. The van der Waals surface area contributed by atoms with E-state index >= 15 is 0 Å². The maximum atomic E-state index is 12.1. The summed E-state index contributed by atoms with van der Waals surface area (Å²) < 4.78 is 17.4. The highest BCUT2D eigenvalue weighted by atomic mass is 127. The van der Waals surface area contributed by atoms with Crippen LogP contribution in [0.2, 0.25) is 0 Å². The van der Waals surface area contributed by atoms with Crippen molar-refractivity contribution in [2.45, 2.75) is 13.3 Å². The molecule has 3 rings (SSSR count). The fraction of sp³-hybridized carbons (Fsp3) is 0.200. The van der Waals surface area contributed by atoms with Crippen LogP contribution in [0.5, 0.6) is 11.5 Å². The van der Waals surface area contributed by atoms with Gasteiger partial charge in [0.2, 0.25) is 5.90 Å². The average Bonchev–Trinajstić information content (AvgIpc) is 3.01. The Morgan fingerprint density at radius 1 is 1.19 bits per heavy atom. The van der Waals surface area contributed by atoms with Crippen LogP contribution in [0, 0.1) is 3.57 Å². The minimum absolute atomic E-state index is 0.253. The zero-order chi connectivity index (χ0) is 18.5. The van der Waals surface area contributed by atoms with Crippen LogP contribution in [-0.2, 0) is 9.53 Å². The molecule has 0 unspecified atom stereocenters. The normalized spacial score (nSPS) is 15.0. The molecule has 0 radical (unpaired) electrons. The van der Waals surface area contributed by atoms with Gasteiger partial charge in [-0.15, -0.1) is 0 Å². The number of ether oxygens (including phenoxy) is 3. The van der Waals surface area contributed by atoms with Gasteiger partial charge in [0.25, 0.3) is 0 Å². The number of esters is 1. The summed E-state index contributed by atoms with van der Waals surface area (Å²) in [5, 5.41) is 0. The number of rotatable bonds is 6. The van der Waals surface area contributed by atoms with Crippen molar-refractivity contribution in [2.75, 3.05) is 13.7 Å². The molecule has 0 aliphatic carbocycles. The second-order valence-corrected chi connectivity index (χ2v) is 6.85. The highest BCUT2D eigenvalue weighted by Gasteiger charge is 2.24. The Hall–Kier alpha value is -2.35. The molecule has 2 aromatic carbocycles. The molecule has 0 aromatic heterocycles. The predicted molar refractivity (Wildman–Crippen MR) is 109 cm³/mol. The highest BCUT2D eigenvalue weighted by Crippen LogP contribution is 2.30. The van der Waals surface area contributed by atoms with Crippen LogP contribution in [-0.4, -0.2) is 25.6 Å². The lowest BCUT2D eigenvalue weighted by molar-refractivity contribution is -0.129. The van der Waals surface area contributed by atoms with Crippen molar-refractivity contribution >= 4 is 40.5 Å².